The maximum Gasteiger partial charge on any atom is 0.293 e. The number of rotatable bonds is 0. The number of nitrogens with zero attached hydrogens (tertiary/aromatic N) is 1. The van der Waals surface area contributed by atoms with Crippen LogP contribution in [0, 0.1) is 11.8 Å². The molecular weight excluding hydrogens is 196 g/mol. The van der Waals surface area contributed by atoms with Gasteiger partial charge in [0.2, 0.25) is 0 Å². The summed E-state index contributed by atoms with van der Waals surface area (Å²) in [6.45, 7) is 0. The van der Waals surface area contributed by atoms with Crippen molar-refractivity contribution >= 4 is 27.5 Å². The Morgan fingerprint density at radius 1 is 1.43 bits per heavy atom. The van der Waals surface area contributed by atoms with Crippen molar-refractivity contribution in [2.75, 3.05) is 0 Å². The number of benzene rings is 1. The van der Waals surface area contributed by atoms with Gasteiger partial charge in [-0.2, -0.15) is 0 Å². The van der Waals surface area contributed by atoms with Gasteiger partial charge in [0.1, 0.15) is 0 Å². The third-order valence-corrected chi connectivity index (χ3v) is 2.54. The number of nitrogens with two attached hydrogens (primary N) is 1. The summed E-state index contributed by atoms with van der Waals surface area (Å²) < 4.78 is 1.06. The van der Waals surface area contributed by atoms with Crippen molar-refractivity contribution in [3.63, 3.8) is 0 Å². The molecule has 3 nitrogen and oxygen atoms in total. The van der Waals surface area contributed by atoms with E-state index in [1.807, 2.05) is 24.3 Å². The zero-order valence-electron chi connectivity index (χ0n) is 7.15. The summed E-state index contributed by atoms with van der Waals surface area (Å²) in [5.41, 5.74) is 5.79. The standard InChI is InChI=1S/C10H6N2OS/c11-9(13)5-6-10-12-7-3-1-2-4-8(7)14-10/h1-4H,(H2,11,13). The summed E-state index contributed by atoms with van der Waals surface area (Å²) in [5, 5.41) is 0.616. The molecule has 14 heavy (non-hydrogen) atoms. The predicted molar refractivity (Wildman–Crippen MR) is 55.7 cm³/mol. The third kappa shape index (κ3) is 1.73. The van der Waals surface area contributed by atoms with Gasteiger partial charge in [-0.05, 0) is 18.1 Å². The van der Waals surface area contributed by atoms with Gasteiger partial charge in [-0.15, -0.1) is 11.3 Å². The highest BCUT2D eigenvalue weighted by Gasteiger charge is 1.99. The summed E-state index contributed by atoms with van der Waals surface area (Å²) in [7, 11) is 0. The molecule has 0 bridgehead atoms. The molecule has 0 radical (unpaired) electrons. The molecule has 4 heteroatoms. The molecule has 0 unspecified atom stereocenters. The van der Waals surface area contributed by atoms with Crippen LogP contribution in [0.4, 0.5) is 0 Å². The average Bonchev–Trinajstić information content (AvgIpc) is 2.57. The van der Waals surface area contributed by atoms with Crippen molar-refractivity contribution in [3.8, 4) is 11.8 Å². The fraction of sp³-hybridized carbons (Fsp3) is 0. The highest BCUT2D eigenvalue weighted by Crippen LogP contribution is 2.20. The minimum atomic E-state index is -0.635. The second-order valence-corrected chi connectivity index (χ2v) is 3.63. The summed E-state index contributed by atoms with van der Waals surface area (Å²) in [6, 6.07) is 7.71. The maximum atomic E-state index is 10.4. The van der Waals surface area contributed by atoms with Crippen LogP contribution in [0.15, 0.2) is 24.3 Å². The average molecular weight is 202 g/mol. The van der Waals surface area contributed by atoms with Crippen LogP contribution in [-0.2, 0) is 4.79 Å². The van der Waals surface area contributed by atoms with Crippen LogP contribution in [0.25, 0.3) is 10.2 Å². The lowest BCUT2D eigenvalue weighted by Gasteiger charge is -1.80. The van der Waals surface area contributed by atoms with Crippen molar-refractivity contribution in [2.45, 2.75) is 0 Å². The number of primary amides is 1. The van der Waals surface area contributed by atoms with E-state index in [2.05, 4.69) is 16.8 Å². The normalized spacial score (nSPS) is 9.43. The molecule has 0 aliphatic carbocycles. The van der Waals surface area contributed by atoms with Gasteiger partial charge in [0.15, 0.2) is 5.01 Å². The topological polar surface area (TPSA) is 56.0 Å². The highest BCUT2D eigenvalue weighted by atomic mass is 32.1. The van der Waals surface area contributed by atoms with Gasteiger partial charge in [0.25, 0.3) is 5.91 Å². The molecule has 2 rings (SSSR count). The van der Waals surface area contributed by atoms with E-state index in [0.717, 1.165) is 10.2 Å². The number of thiazole rings is 1. The van der Waals surface area contributed by atoms with Gasteiger partial charge in [-0.1, -0.05) is 12.1 Å². The molecule has 0 saturated carbocycles. The number of hydrogen-bond acceptors (Lipinski definition) is 3. The van der Waals surface area contributed by atoms with Crippen LogP contribution < -0.4 is 5.73 Å². The number of para-hydroxylation sites is 1. The molecule has 0 spiro atoms. The number of aromatic nitrogens is 1. The van der Waals surface area contributed by atoms with E-state index in [-0.39, 0.29) is 0 Å². The second kappa shape index (κ2) is 3.48. The van der Waals surface area contributed by atoms with E-state index in [0.29, 0.717) is 5.01 Å². The van der Waals surface area contributed by atoms with Crippen molar-refractivity contribution in [3.05, 3.63) is 29.3 Å². The molecular formula is C10H6N2OS. The number of fused-ring (bicyclic) bond motifs is 1. The van der Waals surface area contributed by atoms with Crippen molar-refractivity contribution in [1.29, 1.82) is 0 Å². The number of hydrogen-bond donors (Lipinski definition) is 1. The van der Waals surface area contributed by atoms with Crippen LogP contribution >= 0.6 is 11.3 Å². The highest BCUT2D eigenvalue weighted by molar-refractivity contribution is 7.19. The zero-order valence-corrected chi connectivity index (χ0v) is 7.97. The first-order valence-electron chi connectivity index (χ1n) is 3.93. The van der Waals surface area contributed by atoms with Crippen LogP contribution in [0.3, 0.4) is 0 Å². The molecule has 2 aromatic rings. The van der Waals surface area contributed by atoms with Crippen LogP contribution in [0.2, 0.25) is 0 Å². The molecule has 1 amide bonds. The summed E-state index contributed by atoms with van der Waals surface area (Å²) in [6.07, 6.45) is 0. The Hall–Kier alpha value is -1.86. The zero-order chi connectivity index (χ0) is 9.97. The first-order chi connectivity index (χ1) is 6.75. The van der Waals surface area contributed by atoms with Gasteiger partial charge in [0.05, 0.1) is 10.2 Å². The number of carbonyl (C=O) groups is 1. The van der Waals surface area contributed by atoms with E-state index in [1.54, 1.807) is 0 Å². The van der Waals surface area contributed by atoms with Crippen LogP contribution in [0.1, 0.15) is 5.01 Å². The summed E-state index contributed by atoms with van der Waals surface area (Å²) >= 11 is 1.45. The lowest BCUT2D eigenvalue weighted by molar-refractivity contribution is -0.112. The Balaban J connectivity index is 2.47. The van der Waals surface area contributed by atoms with E-state index in [4.69, 9.17) is 5.73 Å². The monoisotopic (exact) mass is 202 g/mol. The number of carbonyl (C=O) groups excluding carboxylic acids is 1. The minimum Gasteiger partial charge on any atom is -0.359 e. The Labute approximate surface area is 84.6 Å². The summed E-state index contributed by atoms with van der Waals surface area (Å²) in [4.78, 5) is 14.6. The van der Waals surface area contributed by atoms with Crippen molar-refractivity contribution in [1.82, 2.24) is 4.98 Å². The lowest BCUT2D eigenvalue weighted by Crippen LogP contribution is -2.06. The number of amides is 1. The van der Waals surface area contributed by atoms with Crippen LogP contribution in [-0.4, -0.2) is 10.9 Å². The third-order valence-electron chi connectivity index (χ3n) is 1.59. The first-order valence-corrected chi connectivity index (χ1v) is 4.74. The molecule has 1 aromatic carbocycles. The molecule has 1 heterocycles. The lowest BCUT2D eigenvalue weighted by atomic mass is 10.3. The molecule has 2 N–H and O–H groups in total. The minimum absolute atomic E-state index is 0.616. The first kappa shape index (κ1) is 8.73. The Bertz CT molecular complexity index is 515. The molecule has 0 fully saturated rings. The second-order valence-electron chi connectivity index (χ2n) is 2.60. The Morgan fingerprint density at radius 2 is 2.21 bits per heavy atom. The molecule has 0 atom stereocenters. The van der Waals surface area contributed by atoms with Crippen molar-refractivity contribution in [2.24, 2.45) is 5.73 Å². The Kier molecular flexibility index (Phi) is 2.17. The van der Waals surface area contributed by atoms with E-state index in [1.165, 1.54) is 11.3 Å². The van der Waals surface area contributed by atoms with Gasteiger partial charge in [-0.3, -0.25) is 4.79 Å². The van der Waals surface area contributed by atoms with Gasteiger partial charge in [-0.25, -0.2) is 4.98 Å². The predicted octanol–water partition coefficient (Wildman–Crippen LogP) is 1.13. The van der Waals surface area contributed by atoms with E-state index in [9.17, 15) is 4.79 Å². The SMILES string of the molecule is NC(=O)C#Cc1nc2ccccc2s1. The molecule has 0 aliphatic heterocycles. The molecule has 68 valence electrons. The van der Waals surface area contributed by atoms with E-state index >= 15 is 0 Å². The van der Waals surface area contributed by atoms with Crippen molar-refractivity contribution < 1.29 is 4.79 Å². The van der Waals surface area contributed by atoms with Gasteiger partial charge >= 0.3 is 0 Å². The smallest absolute Gasteiger partial charge is 0.293 e. The fourth-order valence-corrected chi connectivity index (χ4v) is 1.86. The molecule has 1 aromatic heterocycles. The molecule has 0 saturated heterocycles. The largest absolute Gasteiger partial charge is 0.359 e. The maximum absolute atomic E-state index is 10.4. The van der Waals surface area contributed by atoms with Gasteiger partial charge in [0, 0.05) is 5.92 Å². The fourth-order valence-electron chi connectivity index (χ4n) is 1.04. The Morgan fingerprint density at radius 3 is 2.93 bits per heavy atom. The van der Waals surface area contributed by atoms with E-state index < -0.39 is 5.91 Å². The van der Waals surface area contributed by atoms with Gasteiger partial charge < -0.3 is 5.73 Å². The molecule has 0 aliphatic rings. The summed E-state index contributed by atoms with van der Waals surface area (Å²) in [5.74, 6) is 4.24. The quantitative estimate of drug-likeness (QED) is 0.651. The van der Waals surface area contributed by atoms with Crippen LogP contribution in [0.5, 0.6) is 0 Å².